The molecule has 1 saturated carbocycles. The number of nitrogens with zero attached hydrogens (tertiary/aromatic N) is 1. The SMILES string of the molecule is CC1(O)CCN(CC(O)CC2CCCC2)CC1. The van der Waals surface area contributed by atoms with Gasteiger partial charge in [-0.25, -0.2) is 0 Å². The zero-order valence-corrected chi connectivity index (χ0v) is 11.1. The predicted octanol–water partition coefficient (Wildman–Crippen LogP) is 1.77. The first-order valence-electron chi connectivity index (χ1n) is 7.18. The molecule has 3 heteroatoms. The van der Waals surface area contributed by atoms with Crippen molar-refractivity contribution in [2.45, 2.75) is 63.6 Å². The molecule has 1 unspecified atom stereocenters. The second-order valence-corrected chi connectivity index (χ2v) is 6.34. The molecule has 0 aromatic rings. The fourth-order valence-corrected chi connectivity index (χ4v) is 3.22. The summed E-state index contributed by atoms with van der Waals surface area (Å²) in [6.45, 7) is 4.56. The van der Waals surface area contributed by atoms with Gasteiger partial charge in [-0.3, -0.25) is 0 Å². The van der Waals surface area contributed by atoms with Gasteiger partial charge in [-0.05, 0) is 32.1 Å². The molecule has 1 aliphatic carbocycles. The van der Waals surface area contributed by atoms with Crippen LogP contribution in [0.3, 0.4) is 0 Å². The minimum Gasteiger partial charge on any atom is -0.392 e. The highest BCUT2D eigenvalue weighted by molar-refractivity contribution is 4.83. The Morgan fingerprint density at radius 1 is 1.24 bits per heavy atom. The number of piperidine rings is 1. The third-order valence-electron chi connectivity index (χ3n) is 4.48. The minimum absolute atomic E-state index is 0.166. The summed E-state index contributed by atoms with van der Waals surface area (Å²) in [5, 5.41) is 20.0. The highest BCUT2D eigenvalue weighted by Crippen LogP contribution is 2.29. The fraction of sp³-hybridized carbons (Fsp3) is 1.00. The van der Waals surface area contributed by atoms with Gasteiger partial charge in [0.2, 0.25) is 0 Å². The molecule has 0 aromatic heterocycles. The lowest BCUT2D eigenvalue weighted by Gasteiger charge is -2.36. The molecule has 1 heterocycles. The van der Waals surface area contributed by atoms with E-state index in [2.05, 4.69) is 4.90 Å². The van der Waals surface area contributed by atoms with E-state index in [1.54, 1.807) is 0 Å². The van der Waals surface area contributed by atoms with Crippen LogP contribution in [0.15, 0.2) is 0 Å². The van der Waals surface area contributed by atoms with Gasteiger partial charge in [0.05, 0.1) is 11.7 Å². The largest absolute Gasteiger partial charge is 0.392 e. The van der Waals surface area contributed by atoms with Crippen LogP contribution in [0.5, 0.6) is 0 Å². The third-order valence-corrected chi connectivity index (χ3v) is 4.48. The number of aliphatic hydroxyl groups excluding tert-OH is 1. The second kappa shape index (κ2) is 5.68. The van der Waals surface area contributed by atoms with Crippen molar-refractivity contribution in [3.8, 4) is 0 Å². The van der Waals surface area contributed by atoms with E-state index in [0.717, 1.165) is 44.8 Å². The maximum atomic E-state index is 10.1. The Morgan fingerprint density at radius 2 is 1.82 bits per heavy atom. The Kier molecular flexibility index (Phi) is 4.45. The van der Waals surface area contributed by atoms with Gasteiger partial charge in [-0.1, -0.05) is 25.7 Å². The smallest absolute Gasteiger partial charge is 0.0669 e. The van der Waals surface area contributed by atoms with Crippen LogP contribution >= 0.6 is 0 Å². The van der Waals surface area contributed by atoms with E-state index in [1.807, 2.05) is 6.92 Å². The van der Waals surface area contributed by atoms with Crippen LogP contribution in [-0.2, 0) is 0 Å². The summed E-state index contributed by atoms with van der Waals surface area (Å²) in [6, 6.07) is 0. The van der Waals surface area contributed by atoms with Crippen molar-refractivity contribution in [2.24, 2.45) is 5.92 Å². The number of β-amino-alcohol motifs (C(OH)–C–C–N with tert-alkyl or cyclic N) is 1. The molecular formula is C14H27NO2. The zero-order chi connectivity index (χ0) is 12.3. The van der Waals surface area contributed by atoms with Gasteiger partial charge in [0.15, 0.2) is 0 Å². The van der Waals surface area contributed by atoms with E-state index in [9.17, 15) is 10.2 Å². The first-order chi connectivity index (χ1) is 8.05. The van der Waals surface area contributed by atoms with Gasteiger partial charge in [0.25, 0.3) is 0 Å². The Bertz CT molecular complexity index is 226. The molecule has 2 aliphatic rings. The van der Waals surface area contributed by atoms with Crippen LogP contribution in [0.25, 0.3) is 0 Å². The molecule has 1 saturated heterocycles. The topological polar surface area (TPSA) is 43.7 Å². The van der Waals surface area contributed by atoms with E-state index in [-0.39, 0.29) is 6.10 Å². The summed E-state index contributed by atoms with van der Waals surface area (Å²) in [7, 11) is 0. The van der Waals surface area contributed by atoms with Crippen molar-refractivity contribution in [3.05, 3.63) is 0 Å². The summed E-state index contributed by atoms with van der Waals surface area (Å²) in [5.74, 6) is 0.762. The average Bonchev–Trinajstić information content (AvgIpc) is 2.74. The second-order valence-electron chi connectivity index (χ2n) is 6.34. The van der Waals surface area contributed by atoms with Crippen LogP contribution in [-0.4, -0.2) is 46.5 Å². The molecule has 1 atom stereocenters. The van der Waals surface area contributed by atoms with Crippen LogP contribution in [0, 0.1) is 5.92 Å². The Hall–Kier alpha value is -0.120. The molecule has 100 valence electrons. The van der Waals surface area contributed by atoms with Crippen molar-refractivity contribution in [3.63, 3.8) is 0 Å². The highest BCUT2D eigenvalue weighted by atomic mass is 16.3. The molecule has 2 fully saturated rings. The number of hydrogen-bond donors (Lipinski definition) is 2. The molecule has 0 spiro atoms. The third kappa shape index (κ3) is 4.23. The highest BCUT2D eigenvalue weighted by Gasteiger charge is 2.28. The van der Waals surface area contributed by atoms with Crippen molar-refractivity contribution >= 4 is 0 Å². The van der Waals surface area contributed by atoms with E-state index >= 15 is 0 Å². The van der Waals surface area contributed by atoms with Gasteiger partial charge in [0.1, 0.15) is 0 Å². The summed E-state index contributed by atoms with van der Waals surface area (Å²) in [4.78, 5) is 2.30. The molecule has 1 aliphatic heterocycles. The van der Waals surface area contributed by atoms with E-state index in [1.165, 1.54) is 25.7 Å². The van der Waals surface area contributed by atoms with Crippen molar-refractivity contribution in [1.29, 1.82) is 0 Å². The lowest BCUT2D eigenvalue weighted by atomic mass is 9.93. The summed E-state index contributed by atoms with van der Waals surface area (Å²) in [5.41, 5.74) is -0.479. The number of likely N-dealkylation sites (tertiary alicyclic amines) is 1. The van der Waals surface area contributed by atoms with Gasteiger partial charge >= 0.3 is 0 Å². The summed E-state index contributed by atoms with van der Waals surface area (Å²) < 4.78 is 0. The Balaban J connectivity index is 1.66. The number of rotatable bonds is 4. The molecule has 0 aromatic carbocycles. The molecule has 2 N–H and O–H groups in total. The molecular weight excluding hydrogens is 214 g/mol. The van der Waals surface area contributed by atoms with E-state index < -0.39 is 5.60 Å². The Labute approximate surface area is 105 Å². The van der Waals surface area contributed by atoms with Gasteiger partial charge in [0, 0.05) is 19.6 Å². The van der Waals surface area contributed by atoms with Crippen molar-refractivity contribution in [1.82, 2.24) is 4.90 Å². The average molecular weight is 241 g/mol. The first-order valence-corrected chi connectivity index (χ1v) is 7.18. The molecule has 2 rings (SSSR count). The monoisotopic (exact) mass is 241 g/mol. The standard InChI is InChI=1S/C14H27NO2/c1-14(17)6-8-15(9-7-14)11-13(16)10-12-4-2-3-5-12/h12-13,16-17H,2-11H2,1H3. The van der Waals surface area contributed by atoms with E-state index in [4.69, 9.17) is 0 Å². The molecule has 3 nitrogen and oxygen atoms in total. The van der Waals surface area contributed by atoms with Gasteiger partial charge in [-0.15, -0.1) is 0 Å². The lowest BCUT2D eigenvalue weighted by Crippen LogP contribution is -2.45. The summed E-state index contributed by atoms with van der Waals surface area (Å²) in [6.07, 6.45) is 7.81. The van der Waals surface area contributed by atoms with Crippen molar-refractivity contribution < 1.29 is 10.2 Å². The maximum absolute atomic E-state index is 10.1. The maximum Gasteiger partial charge on any atom is 0.0669 e. The minimum atomic E-state index is -0.479. The molecule has 0 radical (unpaired) electrons. The van der Waals surface area contributed by atoms with Crippen LogP contribution in [0.1, 0.15) is 51.9 Å². The quantitative estimate of drug-likeness (QED) is 0.788. The normalized spacial score (nSPS) is 28.4. The van der Waals surface area contributed by atoms with Crippen LogP contribution < -0.4 is 0 Å². The van der Waals surface area contributed by atoms with Gasteiger partial charge < -0.3 is 15.1 Å². The van der Waals surface area contributed by atoms with Crippen LogP contribution in [0.2, 0.25) is 0 Å². The van der Waals surface area contributed by atoms with Crippen molar-refractivity contribution in [2.75, 3.05) is 19.6 Å². The fourth-order valence-electron chi connectivity index (χ4n) is 3.22. The van der Waals surface area contributed by atoms with Crippen LogP contribution in [0.4, 0.5) is 0 Å². The van der Waals surface area contributed by atoms with E-state index in [0.29, 0.717) is 0 Å². The molecule has 0 amide bonds. The number of hydrogen-bond acceptors (Lipinski definition) is 3. The van der Waals surface area contributed by atoms with Gasteiger partial charge in [-0.2, -0.15) is 0 Å². The lowest BCUT2D eigenvalue weighted by molar-refractivity contribution is -0.0179. The predicted molar refractivity (Wildman–Crippen MR) is 68.9 cm³/mol. The number of aliphatic hydroxyl groups is 2. The Morgan fingerprint density at radius 3 is 2.41 bits per heavy atom. The zero-order valence-electron chi connectivity index (χ0n) is 11.1. The first kappa shape index (κ1) is 13.3. The molecule has 0 bridgehead atoms. The molecule has 17 heavy (non-hydrogen) atoms. The summed E-state index contributed by atoms with van der Waals surface area (Å²) >= 11 is 0.